The van der Waals surface area contributed by atoms with E-state index < -0.39 is 13.7 Å². The molecule has 0 aliphatic heterocycles. The van der Waals surface area contributed by atoms with Crippen LogP contribution in [0.1, 0.15) is 58.9 Å². The summed E-state index contributed by atoms with van der Waals surface area (Å²) in [6.07, 6.45) is 7.74. The van der Waals surface area contributed by atoms with Crippen LogP contribution in [0, 0.1) is 0 Å². The number of fused-ring (bicyclic) bond motifs is 1. The first-order valence-electron chi connectivity index (χ1n) is 14.1. The van der Waals surface area contributed by atoms with Crippen molar-refractivity contribution in [3.05, 3.63) is 119 Å². The lowest BCUT2D eigenvalue weighted by Crippen LogP contribution is -2.29. The highest BCUT2D eigenvalue weighted by atomic mass is 19.1. The van der Waals surface area contributed by atoms with E-state index in [0.29, 0.717) is 36.7 Å². The van der Waals surface area contributed by atoms with E-state index in [2.05, 4.69) is 45.5 Å². The molecule has 2 heterocycles. The van der Waals surface area contributed by atoms with Crippen LogP contribution < -0.4 is 14.8 Å². The fourth-order valence-electron chi connectivity index (χ4n) is 5.51. The van der Waals surface area contributed by atoms with Crippen LogP contribution >= 0.6 is 0 Å². The second-order valence-electron chi connectivity index (χ2n) is 10.2. The molecule has 0 saturated carbocycles. The van der Waals surface area contributed by atoms with Gasteiger partial charge in [0.15, 0.2) is 0 Å². The first kappa shape index (κ1) is 28.6. The standard InChI is InChI=1S/C33H36F2N4O2/c34-23-40-31-11-5-12-32(41-24-35)29(31)22-39(30-10-2-1-7-27-8-6-18-38-33(27)30)21-26-15-13-25(14-16-26)19-36-20-28-9-3-4-17-37-28/h3-6,8-9,11-18,30,36H,1-2,7,10,19-24H2. The molecule has 8 heteroatoms. The van der Waals surface area contributed by atoms with Gasteiger partial charge in [-0.15, -0.1) is 0 Å². The maximum absolute atomic E-state index is 13.3. The van der Waals surface area contributed by atoms with Gasteiger partial charge in [0, 0.05) is 38.6 Å². The lowest BCUT2D eigenvalue weighted by Gasteiger charge is -2.32. The molecule has 2 aromatic carbocycles. The lowest BCUT2D eigenvalue weighted by atomic mass is 10.0. The Morgan fingerprint density at radius 3 is 2.24 bits per heavy atom. The largest absolute Gasteiger partial charge is 0.462 e. The molecular weight excluding hydrogens is 522 g/mol. The molecule has 1 unspecified atom stereocenters. The van der Waals surface area contributed by atoms with E-state index >= 15 is 0 Å². The number of aromatic nitrogens is 2. The first-order valence-corrected chi connectivity index (χ1v) is 14.1. The fourth-order valence-corrected chi connectivity index (χ4v) is 5.51. The van der Waals surface area contributed by atoms with Crippen molar-refractivity contribution >= 4 is 0 Å². The zero-order valence-electron chi connectivity index (χ0n) is 23.1. The van der Waals surface area contributed by atoms with Gasteiger partial charge in [-0.3, -0.25) is 14.9 Å². The Balaban J connectivity index is 1.39. The maximum atomic E-state index is 13.3. The molecule has 0 bridgehead atoms. The topological polar surface area (TPSA) is 59.5 Å². The maximum Gasteiger partial charge on any atom is 0.228 e. The van der Waals surface area contributed by atoms with E-state index in [0.717, 1.165) is 49.2 Å². The average molecular weight is 559 g/mol. The average Bonchev–Trinajstić information content (AvgIpc) is 3.23. The third-order valence-corrected chi connectivity index (χ3v) is 7.50. The summed E-state index contributed by atoms with van der Waals surface area (Å²) in [5.74, 6) is 0.709. The third-order valence-electron chi connectivity index (χ3n) is 7.50. The number of benzene rings is 2. The summed E-state index contributed by atoms with van der Waals surface area (Å²) in [4.78, 5) is 11.5. The lowest BCUT2D eigenvalue weighted by molar-refractivity contribution is 0.146. The predicted molar refractivity (Wildman–Crippen MR) is 155 cm³/mol. The summed E-state index contributed by atoms with van der Waals surface area (Å²) in [6, 6.07) is 23.7. The SMILES string of the molecule is FCOc1cccc(OCF)c1CN(Cc1ccc(CNCc2ccccn2)cc1)C1CCCCc2cccnc21. The van der Waals surface area contributed by atoms with Crippen molar-refractivity contribution < 1.29 is 18.3 Å². The summed E-state index contributed by atoms with van der Waals surface area (Å²) in [5, 5.41) is 3.45. The Morgan fingerprint density at radius 1 is 0.756 bits per heavy atom. The van der Waals surface area contributed by atoms with Crippen molar-refractivity contribution in [1.29, 1.82) is 0 Å². The Bertz CT molecular complexity index is 1350. The van der Waals surface area contributed by atoms with Crippen molar-refractivity contribution in [1.82, 2.24) is 20.2 Å². The van der Waals surface area contributed by atoms with Gasteiger partial charge < -0.3 is 14.8 Å². The van der Waals surface area contributed by atoms with Gasteiger partial charge in [0.1, 0.15) is 11.5 Å². The normalized spacial score (nSPS) is 14.9. The van der Waals surface area contributed by atoms with Crippen molar-refractivity contribution in [2.24, 2.45) is 0 Å². The van der Waals surface area contributed by atoms with Gasteiger partial charge in [-0.2, -0.15) is 0 Å². The van der Waals surface area contributed by atoms with Gasteiger partial charge in [-0.1, -0.05) is 48.9 Å². The number of hydrogen-bond donors (Lipinski definition) is 1. The monoisotopic (exact) mass is 558 g/mol. The molecule has 2 aromatic heterocycles. The smallest absolute Gasteiger partial charge is 0.228 e. The number of rotatable bonds is 13. The summed E-state index contributed by atoms with van der Waals surface area (Å²) in [6.45, 7) is 0.499. The minimum atomic E-state index is -0.976. The summed E-state index contributed by atoms with van der Waals surface area (Å²) >= 11 is 0. The Morgan fingerprint density at radius 2 is 1.51 bits per heavy atom. The number of nitrogens with one attached hydrogen (secondary N) is 1. The molecule has 0 spiro atoms. The zero-order valence-corrected chi connectivity index (χ0v) is 23.1. The summed E-state index contributed by atoms with van der Waals surface area (Å²) in [7, 11) is 0. The molecule has 1 N–H and O–H groups in total. The van der Waals surface area contributed by atoms with E-state index in [1.807, 2.05) is 30.5 Å². The van der Waals surface area contributed by atoms with Crippen LogP contribution in [0.2, 0.25) is 0 Å². The number of ether oxygens (including phenoxy) is 2. The number of halogens is 2. The van der Waals surface area contributed by atoms with E-state index in [4.69, 9.17) is 14.5 Å². The molecule has 5 rings (SSSR count). The van der Waals surface area contributed by atoms with Crippen molar-refractivity contribution in [2.45, 2.75) is 57.9 Å². The van der Waals surface area contributed by atoms with Crippen LogP contribution in [-0.2, 0) is 32.6 Å². The van der Waals surface area contributed by atoms with Gasteiger partial charge in [0.05, 0.1) is 23.0 Å². The van der Waals surface area contributed by atoms with Gasteiger partial charge in [0.25, 0.3) is 0 Å². The van der Waals surface area contributed by atoms with Crippen LogP contribution in [0.25, 0.3) is 0 Å². The molecular formula is C33H36F2N4O2. The van der Waals surface area contributed by atoms with Crippen LogP contribution in [0.15, 0.2) is 85.2 Å². The van der Waals surface area contributed by atoms with Crippen LogP contribution in [0.4, 0.5) is 8.78 Å². The molecule has 6 nitrogen and oxygen atoms in total. The van der Waals surface area contributed by atoms with Crippen LogP contribution in [0.5, 0.6) is 11.5 Å². The highest BCUT2D eigenvalue weighted by molar-refractivity contribution is 5.45. The molecule has 41 heavy (non-hydrogen) atoms. The molecule has 214 valence electrons. The van der Waals surface area contributed by atoms with Crippen molar-refractivity contribution in [3.8, 4) is 11.5 Å². The van der Waals surface area contributed by atoms with E-state index in [-0.39, 0.29) is 6.04 Å². The van der Waals surface area contributed by atoms with E-state index in [1.54, 1.807) is 24.4 Å². The zero-order chi connectivity index (χ0) is 28.3. The molecule has 0 fully saturated rings. The predicted octanol–water partition coefficient (Wildman–Crippen LogP) is 6.85. The van der Waals surface area contributed by atoms with Crippen molar-refractivity contribution in [3.63, 3.8) is 0 Å². The summed E-state index contributed by atoms with van der Waals surface area (Å²) in [5.41, 5.74) is 6.26. The Hall–Kier alpha value is -3.88. The number of nitrogens with zero attached hydrogens (tertiary/aromatic N) is 3. The Labute approximate surface area is 240 Å². The molecule has 1 aliphatic carbocycles. The highest BCUT2D eigenvalue weighted by Crippen LogP contribution is 2.37. The quantitative estimate of drug-likeness (QED) is 0.181. The van der Waals surface area contributed by atoms with Gasteiger partial charge >= 0.3 is 0 Å². The Kier molecular flexibility index (Phi) is 10.2. The second-order valence-corrected chi connectivity index (χ2v) is 10.2. The summed E-state index contributed by atoms with van der Waals surface area (Å²) < 4.78 is 37.3. The molecule has 4 aromatic rings. The third kappa shape index (κ3) is 7.65. The first-order chi connectivity index (χ1) is 20.2. The molecule has 0 amide bonds. The number of aryl methyl sites for hydroxylation is 1. The minimum Gasteiger partial charge on any atom is -0.462 e. The van der Waals surface area contributed by atoms with E-state index in [1.165, 1.54) is 11.1 Å². The molecule has 1 atom stereocenters. The highest BCUT2D eigenvalue weighted by Gasteiger charge is 2.28. The van der Waals surface area contributed by atoms with E-state index in [9.17, 15) is 8.78 Å². The van der Waals surface area contributed by atoms with Gasteiger partial charge in [0.2, 0.25) is 13.7 Å². The molecule has 1 aliphatic rings. The minimum absolute atomic E-state index is 0.0325. The second kappa shape index (κ2) is 14.7. The number of alkyl halides is 2. The van der Waals surface area contributed by atoms with Gasteiger partial charge in [-0.05, 0) is 66.3 Å². The van der Waals surface area contributed by atoms with Crippen molar-refractivity contribution in [2.75, 3.05) is 13.7 Å². The number of pyridine rings is 2. The number of hydrogen-bond acceptors (Lipinski definition) is 6. The van der Waals surface area contributed by atoms with Crippen LogP contribution in [-0.4, -0.2) is 28.6 Å². The fraction of sp³-hybridized carbons (Fsp3) is 0.333. The van der Waals surface area contributed by atoms with Crippen LogP contribution in [0.3, 0.4) is 0 Å². The molecule has 0 saturated heterocycles. The molecule has 0 radical (unpaired) electrons. The van der Waals surface area contributed by atoms with Gasteiger partial charge in [-0.25, -0.2) is 8.78 Å².